The van der Waals surface area contributed by atoms with Gasteiger partial charge in [-0.3, -0.25) is 9.78 Å². The Balaban J connectivity index is 1.76. The minimum absolute atomic E-state index is 0.0637. The molecule has 0 radical (unpaired) electrons. The molecule has 0 aliphatic carbocycles. The molecule has 0 aliphatic heterocycles. The van der Waals surface area contributed by atoms with Gasteiger partial charge in [-0.25, -0.2) is 4.98 Å². The summed E-state index contributed by atoms with van der Waals surface area (Å²) in [5.74, 6) is -0.0637. The fourth-order valence-electron chi connectivity index (χ4n) is 2.95. The molecule has 1 N–H and O–H groups in total. The van der Waals surface area contributed by atoms with Gasteiger partial charge in [-0.05, 0) is 35.9 Å². The Morgan fingerprint density at radius 2 is 1.85 bits per heavy atom. The van der Waals surface area contributed by atoms with Crippen LogP contribution in [0.25, 0.3) is 22.2 Å². The molecule has 0 aliphatic rings. The normalized spacial score (nSPS) is 10.8. The highest BCUT2D eigenvalue weighted by atomic mass is 16.1. The number of anilines is 1. The summed E-state index contributed by atoms with van der Waals surface area (Å²) in [7, 11) is 4.03. The maximum absolute atomic E-state index is 12.8. The number of hydrogen-bond acceptors (Lipinski definition) is 4. The molecule has 3 aromatic heterocycles. The number of nitrogens with one attached hydrogen (secondary N) is 1. The van der Waals surface area contributed by atoms with Gasteiger partial charge < -0.3 is 9.88 Å². The first-order valence-corrected chi connectivity index (χ1v) is 8.33. The summed E-state index contributed by atoms with van der Waals surface area (Å²) < 4.78 is 0. The van der Waals surface area contributed by atoms with Crippen LogP contribution in [0.2, 0.25) is 0 Å². The third-order valence-electron chi connectivity index (χ3n) is 4.42. The number of H-pyrrole nitrogens is 1. The number of ketones is 1. The number of fused-ring (bicyclic) bond motifs is 1. The highest BCUT2D eigenvalue weighted by Crippen LogP contribution is 2.27. The lowest BCUT2D eigenvalue weighted by molar-refractivity contribution is 0.104. The predicted octanol–water partition coefficient (Wildman–Crippen LogP) is 3.92. The third kappa shape index (κ3) is 2.84. The molecule has 0 fully saturated rings. The van der Waals surface area contributed by atoms with Crippen LogP contribution in [0.15, 0.2) is 67.3 Å². The van der Waals surface area contributed by atoms with E-state index in [1.165, 1.54) is 0 Å². The number of carbonyl (C=O) groups is 1. The lowest BCUT2D eigenvalue weighted by Crippen LogP contribution is -2.07. The molecule has 0 saturated carbocycles. The minimum atomic E-state index is -0.0637. The van der Waals surface area contributed by atoms with Gasteiger partial charge in [0.15, 0.2) is 5.78 Å². The number of nitrogens with zero attached hydrogens (tertiary/aromatic N) is 3. The maximum Gasteiger partial charge on any atom is 0.196 e. The van der Waals surface area contributed by atoms with E-state index in [2.05, 4.69) is 44.1 Å². The minimum Gasteiger partial charge on any atom is -0.378 e. The number of pyridine rings is 2. The van der Waals surface area contributed by atoms with Crippen LogP contribution in [-0.2, 0) is 0 Å². The molecule has 0 saturated heterocycles. The van der Waals surface area contributed by atoms with Crippen molar-refractivity contribution in [3.63, 3.8) is 0 Å². The molecule has 0 spiro atoms. The molecule has 1 aromatic carbocycles. The number of benzene rings is 1. The van der Waals surface area contributed by atoms with E-state index >= 15 is 0 Å². The lowest BCUT2D eigenvalue weighted by atomic mass is 10.0. The summed E-state index contributed by atoms with van der Waals surface area (Å²) in [5, 5.41) is 0.813. The largest absolute Gasteiger partial charge is 0.378 e. The summed E-state index contributed by atoms with van der Waals surface area (Å²) in [4.78, 5) is 26.4. The van der Waals surface area contributed by atoms with E-state index in [-0.39, 0.29) is 5.78 Å². The zero-order valence-corrected chi connectivity index (χ0v) is 14.6. The second kappa shape index (κ2) is 6.44. The van der Waals surface area contributed by atoms with Gasteiger partial charge in [0.1, 0.15) is 5.65 Å². The van der Waals surface area contributed by atoms with Crippen LogP contribution in [0.5, 0.6) is 0 Å². The highest BCUT2D eigenvalue weighted by molar-refractivity contribution is 6.16. The Hall–Kier alpha value is -3.47. The Morgan fingerprint density at radius 1 is 1.04 bits per heavy atom. The highest BCUT2D eigenvalue weighted by Gasteiger charge is 2.15. The molecule has 26 heavy (non-hydrogen) atoms. The molecule has 3 heterocycles. The molecular weight excluding hydrogens is 324 g/mol. The van der Waals surface area contributed by atoms with Crippen LogP contribution in [0.1, 0.15) is 15.9 Å². The van der Waals surface area contributed by atoms with Crippen LogP contribution in [0, 0.1) is 0 Å². The Labute approximate surface area is 151 Å². The first-order chi connectivity index (χ1) is 12.6. The van der Waals surface area contributed by atoms with Gasteiger partial charge in [0, 0.05) is 66.6 Å². The van der Waals surface area contributed by atoms with Crippen LogP contribution >= 0.6 is 0 Å². The SMILES string of the molecule is CN(C)c1ccc(-c2cnc3[nH]cc(C(=O)c4cccnc4)c3c2)cc1. The number of carbonyl (C=O) groups excluding carboxylic acids is 1. The second-order valence-corrected chi connectivity index (χ2v) is 6.33. The van der Waals surface area contributed by atoms with Crippen molar-refractivity contribution in [3.8, 4) is 11.1 Å². The fourth-order valence-corrected chi connectivity index (χ4v) is 2.95. The van der Waals surface area contributed by atoms with Crippen molar-refractivity contribution in [2.75, 3.05) is 19.0 Å². The standard InChI is InChI=1S/C21H18N4O/c1-25(2)17-7-5-14(6-8-17)16-10-18-19(13-24-21(18)23-12-16)20(26)15-4-3-9-22-11-15/h3-13H,1-2H3,(H,23,24). The number of aromatic nitrogens is 3. The van der Waals surface area contributed by atoms with Crippen molar-refractivity contribution in [1.29, 1.82) is 0 Å². The van der Waals surface area contributed by atoms with Crippen molar-refractivity contribution in [2.45, 2.75) is 0 Å². The molecule has 0 amide bonds. The van der Waals surface area contributed by atoms with E-state index < -0.39 is 0 Å². The first-order valence-electron chi connectivity index (χ1n) is 8.33. The topological polar surface area (TPSA) is 61.9 Å². The van der Waals surface area contributed by atoms with E-state index in [1.54, 1.807) is 30.7 Å². The summed E-state index contributed by atoms with van der Waals surface area (Å²) in [5.41, 5.74) is 5.04. The van der Waals surface area contributed by atoms with Gasteiger partial charge >= 0.3 is 0 Å². The van der Waals surface area contributed by atoms with Gasteiger partial charge in [0.2, 0.25) is 0 Å². The molecular formula is C21H18N4O. The van der Waals surface area contributed by atoms with E-state index in [9.17, 15) is 4.79 Å². The average molecular weight is 342 g/mol. The van der Waals surface area contributed by atoms with Crippen molar-refractivity contribution in [1.82, 2.24) is 15.0 Å². The maximum atomic E-state index is 12.8. The third-order valence-corrected chi connectivity index (χ3v) is 4.42. The van der Waals surface area contributed by atoms with Crippen molar-refractivity contribution >= 4 is 22.5 Å². The smallest absolute Gasteiger partial charge is 0.196 e. The summed E-state index contributed by atoms with van der Waals surface area (Å²) in [6.45, 7) is 0. The summed E-state index contributed by atoms with van der Waals surface area (Å²) >= 11 is 0. The van der Waals surface area contributed by atoms with Crippen LogP contribution in [-0.4, -0.2) is 34.8 Å². The van der Waals surface area contributed by atoms with Crippen molar-refractivity contribution in [3.05, 3.63) is 78.4 Å². The zero-order valence-electron chi connectivity index (χ0n) is 14.6. The zero-order chi connectivity index (χ0) is 18.1. The molecule has 5 heteroatoms. The van der Waals surface area contributed by atoms with Crippen molar-refractivity contribution < 1.29 is 4.79 Å². The molecule has 0 bridgehead atoms. The van der Waals surface area contributed by atoms with E-state index in [1.807, 2.05) is 26.4 Å². The molecule has 0 unspecified atom stereocenters. The molecule has 0 atom stereocenters. The van der Waals surface area contributed by atoms with Gasteiger partial charge in [-0.1, -0.05) is 12.1 Å². The molecule has 5 nitrogen and oxygen atoms in total. The summed E-state index contributed by atoms with van der Waals surface area (Å²) in [6.07, 6.45) is 6.77. The average Bonchev–Trinajstić information content (AvgIpc) is 3.11. The summed E-state index contributed by atoms with van der Waals surface area (Å²) in [6, 6.07) is 13.8. The molecule has 4 rings (SSSR count). The van der Waals surface area contributed by atoms with Gasteiger partial charge in [0.25, 0.3) is 0 Å². The Morgan fingerprint density at radius 3 is 2.54 bits per heavy atom. The van der Waals surface area contributed by atoms with Gasteiger partial charge in [-0.15, -0.1) is 0 Å². The van der Waals surface area contributed by atoms with Crippen molar-refractivity contribution in [2.24, 2.45) is 0 Å². The van der Waals surface area contributed by atoms with Crippen LogP contribution in [0.4, 0.5) is 5.69 Å². The van der Waals surface area contributed by atoms with E-state index in [0.29, 0.717) is 16.8 Å². The number of hydrogen-bond donors (Lipinski definition) is 1. The van der Waals surface area contributed by atoms with Gasteiger partial charge in [0.05, 0.1) is 0 Å². The fraction of sp³-hybridized carbons (Fsp3) is 0.0952. The molecule has 4 aromatic rings. The van der Waals surface area contributed by atoms with Gasteiger partial charge in [-0.2, -0.15) is 0 Å². The lowest BCUT2D eigenvalue weighted by Gasteiger charge is -2.12. The van der Waals surface area contributed by atoms with E-state index in [0.717, 1.165) is 22.2 Å². The van der Waals surface area contributed by atoms with Crippen LogP contribution < -0.4 is 4.90 Å². The van der Waals surface area contributed by atoms with E-state index in [4.69, 9.17) is 0 Å². The Bertz CT molecular complexity index is 1070. The number of aromatic amines is 1. The molecule has 128 valence electrons. The number of rotatable bonds is 4. The second-order valence-electron chi connectivity index (χ2n) is 6.33. The quantitative estimate of drug-likeness (QED) is 0.571. The monoisotopic (exact) mass is 342 g/mol. The first kappa shape index (κ1) is 16.0. The van der Waals surface area contributed by atoms with Crippen LogP contribution in [0.3, 0.4) is 0 Å². The predicted molar refractivity (Wildman–Crippen MR) is 104 cm³/mol. The Kier molecular flexibility index (Phi) is 3.97.